The molecular formula is C10H17NO. The highest BCUT2D eigenvalue weighted by atomic mass is 16.5. The Bertz CT molecular complexity index is 235. The Balaban J connectivity index is 2.86. The Hall–Kier alpha value is -0.790. The molecule has 0 spiro atoms. The van der Waals surface area contributed by atoms with E-state index in [-0.39, 0.29) is 11.0 Å². The van der Waals surface area contributed by atoms with Crippen LogP contribution in [0.15, 0.2) is 17.0 Å². The number of rotatable bonds is 0. The first-order valence-corrected chi connectivity index (χ1v) is 4.25. The number of ether oxygens (including phenoxy) is 1. The van der Waals surface area contributed by atoms with Crippen molar-refractivity contribution in [3.63, 3.8) is 0 Å². The Labute approximate surface area is 74.3 Å². The van der Waals surface area contributed by atoms with Crippen LogP contribution in [-0.4, -0.2) is 11.8 Å². The van der Waals surface area contributed by atoms with Gasteiger partial charge in [0.15, 0.2) is 0 Å². The lowest BCUT2D eigenvalue weighted by Crippen LogP contribution is -2.44. The van der Waals surface area contributed by atoms with E-state index in [0.29, 0.717) is 0 Å². The summed E-state index contributed by atoms with van der Waals surface area (Å²) >= 11 is 0. The van der Waals surface area contributed by atoms with Crippen LogP contribution >= 0.6 is 0 Å². The fraction of sp³-hybridized carbons (Fsp3) is 0.700. The molecule has 1 rings (SSSR count). The Morgan fingerprint density at radius 3 is 2.33 bits per heavy atom. The van der Waals surface area contributed by atoms with Crippen molar-refractivity contribution in [1.82, 2.24) is 0 Å². The van der Waals surface area contributed by atoms with Crippen LogP contribution in [0.3, 0.4) is 0 Å². The molecule has 12 heavy (non-hydrogen) atoms. The molecule has 0 radical (unpaired) electrons. The summed E-state index contributed by atoms with van der Waals surface area (Å²) in [4.78, 5) is 4.26. The lowest BCUT2D eigenvalue weighted by atomic mass is 9.78. The van der Waals surface area contributed by atoms with Gasteiger partial charge < -0.3 is 4.74 Å². The molecule has 1 aliphatic heterocycles. The van der Waals surface area contributed by atoms with Crippen LogP contribution in [0.2, 0.25) is 0 Å². The van der Waals surface area contributed by atoms with Gasteiger partial charge in [-0.3, -0.25) is 4.99 Å². The number of aliphatic imine (C=N–C) groups is 1. The first-order chi connectivity index (χ1) is 5.35. The first-order valence-electron chi connectivity index (χ1n) is 4.25. The molecule has 0 aromatic rings. The maximum atomic E-state index is 5.63. The van der Waals surface area contributed by atoms with Gasteiger partial charge in [-0.25, -0.2) is 0 Å². The molecule has 2 nitrogen and oxygen atoms in total. The summed E-state index contributed by atoms with van der Waals surface area (Å²) in [7, 11) is 0. The van der Waals surface area contributed by atoms with E-state index in [1.165, 1.54) is 0 Å². The maximum absolute atomic E-state index is 5.63. The third kappa shape index (κ3) is 1.52. The van der Waals surface area contributed by atoms with Crippen LogP contribution in [0.4, 0.5) is 0 Å². The topological polar surface area (TPSA) is 21.6 Å². The Morgan fingerprint density at radius 1 is 1.42 bits per heavy atom. The second kappa shape index (κ2) is 2.61. The van der Waals surface area contributed by atoms with Gasteiger partial charge >= 0.3 is 0 Å². The van der Waals surface area contributed by atoms with Crippen molar-refractivity contribution in [2.24, 2.45) is 10.4 Å². The molecular weight excluding hydrogens is 150 g/mol. The molecule has 0 N–H and O–H groups in total. The second-order valence-corrected chi connectivity index (χ2v) is 4.49. The SMILES string of the molecule is CC1=COC(C)(C(C)(C)C)C=N1. The predicted octanol–water partition coefficient (Wildman–Crippen LogP) is 2.75. The second-order valence-electron chi connectivity index (χ2n) is 4.49. The largest absolute Gasteiger partial charge is 0.487 e. The number of hydrogen-bond donors (Lipinski definition) is 0. The van der Waals surface area contributed by atoms with E-state index in [2.05, 4.69) is 32.7 Å². The van der Waals surface area contributed by atoms with E-state index in [0.717, 1.165) is 5.70 Å². The van der Waals surface area contributed by atoms with Crippen LogP contribution in [0.25, 0.3) is 0 Å². The predicted molar refractivity (Wildman–Crippen MR) is 51.2 cm³/mol. The van der Waals surface area contributed by atoms with E-state index < -0.39 is 0 Å². The van der Waals surface area contributed by atoms with E-state index >= 15 is 0 Å². The molecule has 1 aliphatic rings. The molecule has 2 heteroatoms. The minimum Gasteiger partial charge on any atom is -0.487 e. The molecule has 0 aliphatic carbocycles. The highest BCUT2D eigenvalue weighted by Gasteiger charge is 2.38. The van der Waals surface area contributed by atoms with E-state index in [1.807, 2.05) is 13.1 Å². The normalized spacial score (nSPS) is 29.6. The van der Waals surface area contributed by atoms with Crippen molar-refractivity contribution in [2.45, 2.75) is 40.2 Å². The van der Waals surface area contributed by atoms with Gasteiger partial charge in [-0.05, 0) is 13.8 Å². The fourth-order valence-electron chi connectivity index (χ4n) is 0.864. The quantitative estimate of drug-likeness (QED) is 0.543. The van der Waals surface area contributed by atoms with Crippen LogP contribution in [-0.2, 0) is 4.74 Å². The first kappa shape index (κ1) is 9.30. The average molecular weight is 167 g/mol. The zero-order chi connectivity index (χ0) is 9.41. The fourth-order valence-corrected chi connectivity index (χ4v) is 0.864. The lowest BCUT2D eigenvalue weighted by Gasteiger charge is -2.39. The molecule has 0 saturated carbocycles. The highest BCUT2D eigenvalue weighted by molar-refractivity contribution is 5.71. The van der Waals surface area contributed by atoms with Crippen molar-refractivity contribution in [1.29, 1.82) is 0 Å². The lowest BCUT2D eigenvalue weighted by molar-refractivity contribution is 0.00716. The van der Waals surface area contributed by atoms with Gasteiger partial charge in [0.05, 0.1) is 5.70 Å². The van der Waals surface area contributed by atoms with Crippen molar-refractivity contribution < 1.29 is 4.74 Å². The maximum Gasteiger partial charge on any atom is 0.145 e. The third-order valence-electron chi connectivity index (χ3n) is 2.48. The summed E-state index contributed by atoms with van der Waals surface area (Å²) in [5, 5.41) is 0. The molecule has 0 aromatic heterocycles. The summed E-state index contributed by atoms with van der Waals surface area (Å²) < 4.78 is 5.63. The van der Waals surface area contributed by atoms with E-state index in [9.17, 15) is 0 Å². The standard InChI is InChI=1S/C10H17NO/c1-8-6-12-10(5,7-11-8)9(2,3)4/h6-7H,1-5H3. The highest BCUT2D eigenvalue weighted by Crippen LogP contribution is 2.34. The summed E-state index contributed by atoms with van der Waals surface area (Å²) in [6, 6.07) is 0. The summed E-state index contributed by atoms with van der Waals surface area (Å²) in [5.74, 6) is 0. The van der Waals surface area contributed by atoms with Crippen molar-refractivity contribution in [2.75, 3.05) is 0 Å². The Kier molecular flexibility index (Phi) is 2.02. The molecule has 0 fully saturated rings. The molecule has 0 amide bonds. The van der Waals surface area contributed by atoms with E-state index in [4.69, 9.17) is 4.74 Å². The zero-order valence-electron chi connectivity index (χ0n) is 8.51. The van der Waals surface area contributed by atoms with Crippen LogP contribution in [0.5, 0.6) is 0 Å². The van der Waals surface area contributed by atoms with Gasteiger partial charge in [0.2, 0.25) is 0 Å². The number of allylic oxidation sites excluding steroid dienone is 1. The summed E-state index contributed by atoms with van der Waals surface area (Å²) in [6.45, 7) is 10.4. The summed E-state index contributed by atoms with van der Waals surface area (Å²) in [5.41, 5.74) is 0.733. The molecule has 1 unspecified atom stereocenters. The van der Waals surface area contributed by atoms with Gasteiger partial charge in [-0.15, -0.1) is 0 Å². The van der Waals surface area contributed by atoms with Crippen molar-refractivity contribution in [3.05, 3.63) is 12.0 Å². The molecule has 0 bridgehead atoms. The van der Waals surface area contributed by atoms with Crippen LogP contribution in [0, 0.1) is 5.41 Å². The van der Waals surface area contributed by atoms with Gasteiger partial charge in [-0.2, -0.15) is 0 Å². The molecule has 68 valence electrons. The smallest absolute Gasteiger partial charge is 0.145 e. The molecule has 0 saturated heterocycles. The Morgan fingerprint density at radius 2 is 2.00 bits per heavy atom. The van der Waals surface area contributed by atoms with Gasteiger partial charge in [0, 0.05) is 11.6 Å². The van der Waals surface area contributed by atoms with Crippen LogP contribution in [0.1, 0.15) is 34.6 Å². The number of nitrogens with zero attached hydrogens (tertiary/aromatic N) is 1. The molecule has 0 aromatic carbocycles. The minimum absolute atomic E-state index is 0.0771. The van der Waals surface area contributed by atoms with Crippen LogP contribution < -0.4 is 0 Å². The van der Waals surface area contributed by atoms with Gasteiger partial charge in [-0.1, -0.05) is 20.8 Å². The monoisotopic (exact) mass is 167 g/mol. The minimum atomic E-state index is -0.271. The average Bonchev–Trinajstić information content (AvgIpc) is 1.93. The zero-order valence-corrected chi connectivity index (χ0v) is 8.51. The van der Waals surface area contributed by atoms with Crippen molar-refractivity contribution in [3.8, 4) is 0 Å². The third-order valence-corrected chi connectivity index (χ3v) is 2.48. The van der Waals surface area contributed by atoms with Gasteiger partial charge in [0.25, 0.3) is 0 Å². The molecule has 1 atom stereocenters. The number of hydrogen-bond acceptors (Lipinski definition) is 2. The van der Waals surface area contributed by atoms with Gasteiger partial charge in [0.1, 0.15) is 11.9 Å². The summed E-state index contributed by atoms with van der Waals surface area (Å²) in [6.07, 6.45) is 3.62. The van der Waals surface area contributed by atoms with Crippen molar-refractivity contribution >= 4 is 6.21 Å². The molecule has 1 heterocycles. The van der Waals surface area contributed by atoms with E-state index in [1.54, 1.807) is 6.26 Å².